The molecule has 0 bridgehead atoms. The number of nitrogens with one attached hydrogen (secondary N) is 2. The first-order valence-corrected chi connectivity index (χ1v) is 6.75. The number of rotatable bonds is 4. The molecule has 0 aliphatic rings. The van der Waals surface area contributed by atoms with Gasteiger partial charge in [-0.1, -0.05) is 17.7 Å². The van der Waals surface area contributed by atoms with Crippen molar-refractivity contribution < 1.29 is 4.74 Å². The monoisotopic (exact) mass is 307 g/mol. The zero-order valence-electron chi connectivity index (χ0n) is 10.9. The lowest BCUT2D eigenvalue weighted by atomic mass is 10.3. The van der Waals surface area contributed by atoms with E-state index < -0.39 is 0 Å². The highest BCUT2D eigenvalue weighted by atomic mass is 35.5. The highest BCUT2D eigenvalue weighted by molar-refractivity contribution is 7.80. The second-order valence-corrected chi connectivity index (χ2v) is 4.83. The van der Waals surface area contributed by atoms with Crippen LogP contribution in [-0.4, -0.2) is 17.2 Å². The number of aromatic nitrogens is 1. The zero-order valence-corrected chi connectivity index (χ0v) is 12.5. The van der Waals surface area contributed by atoms with Gasteiger partial charge in [0.1, 0.15) is 5.75 Å². The van der Waals surface area contributed by atoms with Crippen LogP contribution in [0.5, 0.6) is 5.75 Å². The third-order valence-corrected chi connectivity index (χ3v) is 3.13. The van der Waals surface area contributed by atoms with Gasteiger partial charge in [0, 0.05) is 24.6 Å². The number of methoxy groups -OCH3 is 1. The Morgan fingerprint density at radius 2 is 2.25 bits per heavy atom. The van der Waals surface area contributed by atoms with E-state index >= 15 is 0 Å². The van der Waals surface area contributed by atoms with Gasteiger partial charge in [0.05, 0.1) is 12.1 Å². The summed E-state index contributed by atoms with van der Waals surface area (Å²) < 4.78 is 5.10. The fraction of sp³-hybridized carbons (Fsp3) is 0.143. The van der Waals surface area contributed by atoms with Gasteiger partial charge in [-0.25, -0.2) is 0 Å². The summed E-state index contributed by atoms with van der Waals surface area (Å²) in [5.74, 6) is 0.631. The standard InChI is InChI=1S/C14H14ClN3OS/c1-19-13-5-4-11(7-12(13)15)18-14(20)17-9-10-3-2-6-16-8-10/h2-8H,9H2,1H3,(H2,17,18,20). The first-order chi connectivity index (χ1) is 9.69. The van der Waals surface area contributed by atoms with E-state index in [2.05, 4.69) is 15.6 Å². The number of pyridine rings is 1. The van der Waals surface area contributed by atoms with Crippen molar-refractivity contribution in [2.75, 3.05) is 12.4 Å². The number of benzene rings is 1. The van der Waals surface area contributed by atoms with E-state index in [1.54, 1.807) is 31.6 Å². The van der Waals surface area contributed by atoms with Crippen LogP contribution in [0.25, 0.3) is 0 Å². The third kappa shape index (κ3) is 4.08. The summed E-state index contributed by atoms with van der Waals surface area (Å²) in [4.78, 5) is 4.04. The minimum Gasteiger partial charge on any atom is -0.495 e. The molecule has 0 radical (unpaired) electrons. The molecule has 6 heteroatoms. The average molecular weight is 308 g/mol. The number of thiocarbonyl (C=S) groups is 1. The molecule has 20 heavy (non-hydrogen) atoms. The van der Waals surface area contributed by atoms with Crippen molar-refractivity contribution in [3.63, 3.8) is 0 Å². The molecule has 2 rings (SSSR count). The summed E-state index contributed by atoms with van der Waals surface area (Å²) in [6.45, 7) is 0.615. The van der Waals surface area contributed by atoms with Gasteiger partial charge in [-0.2, -0.15) is 0 Å². The second kappa shape index (κ2) is 7.07. The number of halogens is 1. The molecule has 2 aromatic rings. The van der Waals surface area contributed by atoms with Crippen molar-refractivity contribution in [3.05, 3.63) is 53.3 Å². The molecule has 0 spiro atoms. The van der Waals surface area contributed by atoms with Crippen LogP contribution in [0.3, 0.4) is 0 Å². The first-order valence-electron chi connectivity index (χ1n) is 5.96. The van der Waals surface area contributed by atoms with Crippen molar-refractivity contribution in [3.8, 4) is 5.75 Å². The summed E-state index contributed by atoms with van der Waals surface area (Å²) >= 11 is 11.3. The Labute approximate surface area is 128 Å². The third-order valence-electron chi connectivity index (χ3n) is 2.59. The number of hydrogen-bond acceptors (Lipinski definition) is 3. The number of nitrogens with zero attached hydrogens (tertiary/aromatic N) is 1. The number of anilines is 1. The Morgan fingerprint density at radius 1 is 1.40 bits per heavy atom. The molecular weight excluding hydrogens is 294 g/mol. The molecule has 0 aliphatic carbocycles. The topological polar surface area (TPSA) is 46.2 Å². The lowest BCUT2D eigenvalue weighted by Crippen LogP contribution is -2.27. The summed E-state index contributed by atoms with van der Waals surface area (Å²) in [7, 11) is 1.58. The van der Waals surface area contributed by atoms with Crippen LogP contribution in [0.2, 0.25) is 5.02 Å². The van der Waals surface area contributed by atoms with Gasteiger partial charge in [-0.15, -0.1) is 0 Å². The van der Waals surface area contributed by atoms with Crippen LogP contribution in [0.15, 0.2) is 42.7 Å². The Kier molecular flexibility index (Phi) is 5.15. The Bertz CT molecular complexity index is 592. The van der Waals surface area contributed by atoms with Crippen LogP contribution in [0, 0.1) is 0 Å². The predicted molar refractivity (Wildman–Crippen MR) is 85.3 cm³/mol. The van der Waals surface area contributed by atoms with E-state index in [0.29, 0.717) is 22.4 Å². The molecule has 0 saturated heterocycles. The maximum atomic E-state index is 6.05. The lowest BCUT2D eigenvalue weighted by molar-refractivity contribution is 0.415. The quantitative estimate of drug-likeness (QED) is 0.849. The van der Waals surface area contributed by atoms with Crippen molar-refractivity contribution in [2.45, 2.75) is 6.54 Å². The molecule has 4 nitrogen and oxygen atoms in total. The summed E-state index contributed by atoms with van der Waals surface area (Å²) in [5.41, 5.74) is 1.86. The molecule has 0 aliphatic heterocycles. The fourth-order valence-corrected chi connectivity index (χ4v) is 2.05. The van der Waals surface area contributed by atoms with Crippen LogP contribution in [-0.2, 0) is 6.54 Å². The molecule has 1 aromatic heterocycles. The number of ether oxygens (including phenoxy) is 1. The van der Waals surface area contributed by atoms with Gasteiger partial charge in [0.15, 0.2) is 5.11 Å². The van der Waals surface area contributed by atoms with Crippen LogP contribution < -0.4 is 15.4 Å². The van der Waals surface area contributed by atoms with Crippen molar-refractivity contribution in [2.24, 2.45) is 0 Å². The SMILES string of the molecule is COc1ccc(NC(=S)NCc2cccnc2)cc1Cl. The molecule has 1 aromatic carbocycles. The fourth-order valence-electron chi connectivity index (χ4n) is 1.60. The Balaban J connectivity index is 1.90. The Hall–Kier alpha value is -1.85. The van der Waals surface area contributed by atoms with Crippen molar-refractivity contribution in [1.82, 2.24) is 10.3 Å². The highest BCUT2D eigenvalue weighted by Crippen LogP contribution is 2.27. The molecule has 0 fully saturated rings. The van der Waals surface area contributed by atoms with E-state index in [0.717, 1.165) is 11.3 Å². The summed E-state index contributed by atoms with van der Waals surface area (Å²) in [6.07, 6.45) is 3.53. The van der Waals surface area contributed by atoms with Gasteiger partial charge >= 0.3 is 0 Å². The van der Waals surface area contributed by atoms with Crippen LogP contribution >= 0.6 is 23.8 Å². The molecule has 0 amide bonds. The normalized spacial score (nSPS) is 9.90. The Morgan fingerprint density at radius 3 is 2.90 bits per heavy atom. The summed E-state index contributed by atoms with van der Waals surface area (Å²) in [5, 5.41) is 7.22. The maximum Gasteiger partial charge on any atom is 0.171 e. The van der Waals surface area contributed by atoms with E-state index in [1.165, 1.54) is 0 Å². The minimum absolute atomic E-state index is 0.523. The second-order valence-electron chi connectivity index (χ2n) is 4.02. The molecule has 104 valence electrons. The van der Waals surface area contributed by atoms with Gasteiger partial charge in [-0.05, 0) is 42.0 Å². The molecular formula is C14H14ClN3OS. The van der Waals surface area contributed by atoms with Gasteiger partial charge in [0.2, 0.25) is 0 Å². The van der Waals surface area contributed by atoms with Crippen LogP contribution in [0.1, 0.15) is 5.56 Å². The smallest absolute Gasteiger partial charge is 0.171 e. The van der Waals surface area contributed by atoms with Gasteiger partial charge in [-0.3, -0.25) is 4.98 Å². The first kappa shape index (κ1) is 14.6. The van der Waals surface area contributed by atoms with E-state index in [1.807, 2.05) is 18.2 Å². The molecule has 2 N–H and O–H groups in total. The lowest BCUT2D eigenvalue weighted by Gasteiger charge is -2.11. The van der Waals surface area contributed by atoms with Gasteiger partial charge in [0.25, 0.3) is 0 Å². The highest BCUT2D eigenvalue weighted by Gasteiger charge is 2.03. The molecule has 0 atom stereocenters. The summed E-state index contributed by atoms with van der Waals surface area (Å²) in [6, 6.07) is 9.26. The van der Waals surface area contributed by atoms with Crippen molar-refractivity contribution in [1.29, 1.82) is 0 Å². The van der Waals surface area contributed by atoms with Crippen molar-refractivity contribution >= 4 is 34.6 Å². The van der Waals surface area contributed by atoms with E-state index in [-0.39, 0.29) is 0 Å². The van der Waals surface area contributed by atoms with Gasteiger partial charge < -0.3 is 15.4 Å². The molecule has 0 saturated carbocycles. The zero-order chi connectivity index (χ0) is 14.4. The predicted octanol–water partition coefficient (Wildman–Crippen LogP) is 3.23. The van der Waals surface area contributed by atoms with E-state index in [9.17, 15) is 0 Å². The number of hydrogen-bond donors (Lipinski definition) is 2. The van der Waals surface area contributed by atoms with Crippen LogP contribution in [0.4, 0.5) is 5.69 Å². The molecule has 0 unspecified atom stereocenters. The maximum absolute atomic E-state index is 6.05. The van der Waals surface area contributed by atoms with E-state index in [4.69, 9.17) is 28.6 Å². The molecule has 1 heterocycles. The average Bonchev–Trinajstić information content (AvgIpc) is 2.46. The minimum atomic E-state index is 0.523. The largest absolute Gasteiger partial charge is 0.495 e.